The SMILES string of the molecule is C=CCN(CC(=O)NCc1ccc(F)cc1)Cc1ccccc1F. The molecule has 2 rings (SSSR count). The van der Waals surface area contributed by atoms with E-state index in [0.29, 0.717) is 25.2 Å². The second kappa shape index (κ2) is 8.93. The number of hydrogen-bond acceptors (Lipinski definition) is 2. The molecule has 0 aromatic heterocycles. The quantitative estimate of drug-likeness (QED) is 0.754. The van der Waals surface area contributed by atoms with Gasteiger partial charge in [-0.2, -0.15) is 0 Å². The molecule has 0 unspecified atom stereocenters. The predicted molar refractivity (Wildman–Crippen MR) is 90.1 cm³/mol. The number of benzene rings is 2. The number of nitrogens with zero attached hydrogens (tertiary/aromatic N) is 1. The zero-order valence-corrected chi connectivity index (χ0v) is 13.3. The monoisotopic (exact) mass is 330 g/mol. The Balaban J connectivity index is 1.89. The molecule has 0 fully saturated rings. The molecule has 0 atom stereocenters. The van der Waals surface area contributed by atoms with E-state index < -0.39 is 0 Å². The lowest BCUT2D eigenvalue weighted by molar-refractivity contribution is -0.122. The van der Waals surface area contributed by atoms with Crippen molar-refractivity contribution in [1.29, 1.82) is 0 Å². The maximum absolute atomic E-state index is 13.7. The Morgan fingerprint density at radius 3 is 2.50 bits per heavy atom. The Morgan fingerprint density at radius 2 is 1.83 bits per heavy atom. The number of halogens is 2. The van der Waals surface area contributed by atoms with Crippen LogP contribution in [0.15, 0.2) is 61.2 Å². The zero-order chi connectivity index (χ0) is 17.4. The Hall–Kier alpha value is -2.53. The van der Waals surface area contributed by atoms with Crippen molar-refractivity contribution in [3.8, 4) is 0 Å². The van der Waals surface area contributed by atoms with Crippen molar-refractivity contribution in [2.24, 2.45) is 0 Å². The molecule has 5 heteroatoms. The average molecular weight is 330 g/mol. The van der Waals surface area contributed by atoms with Gasteiger partial charge >= 0.3 is 0 Å². The second-order valence-electron chi connectivity index (χ2n) is 5.45. The van der Waals surface area contributed by atoms with Gasteiger partial charge in [0.15, 0.2) is 0 Å². The minimum atomic E-state index is -0.313. The fourth-order valence-electron chi connectivity index (χ4n) is 2.30. The van der Waals surface area contributed by atoms with E-state index in [0.717, 1.165) is 5.56 Å². The van der Waals surface area contributed by atoms with Gasteiger partial charge in [0.2, 0.25) is 5.91 Å². The van der Waals surface area contributed by atoms with Crippen molar-refractivity contribution in [1.82, 2.24) is 10.2 Å². The first-order valence-electron chi connectivity index (χ1n) is 7.66. The number of rotatable bonds is 8. The van der Waals surface area contributed by atoms with Gasteiger partial charge in [-0.3, -0.25) is 9.69 Å². The highest BCUT2D eigenvalue weighted by molar-refractivity contribution is 5.78. The van der Waals surface area contributed by atoms with E-state index in [9.17, 15) is 13.6 Å². The Kier molecular flexibility index (Phi) is 6.63. The summed E-state index contributed by atoms with van der Waals surface area (Å²) in [6.07, 6.45) is 1.67. The summed E-state index contributed by atoms with van der Waals surface area (Å²) in [7, 11) is 0. The highest BCUT2D eigenvalue weighted by Crippen LogP contribution is 2.10. The molecule has 0 saturated heterocycles. The van der Waals surface area contributed by atoms with Crippen LogP contribution in [0.2, 0.25) is 0 Å². The van der Waals surface area contributed by atoms with Crippen LogP contribution in [0, 0.1) is 11.6 Å². The van der Waals surface area contributed by atoms with E-state index in [4.69, 9.17) is 0 Å². The van der Waals surface area contributed by atoms with Crippen LogP contribution in [0.25, 0.3) is 0 Å². The average Bonchev–Trinajstić information content (AvgIpc) is 2.56. The first-order chi connectivity index (χ1) is 11.6. The van der Waals surface area contributed by atoms with Crippen LogP contribution in [0.5, 0.6) is 0 Å². The Labute approximate surface area is 140 Å². The predicted octanol–water partition coefficient (Wildman–Crippen LogP) is 3.27. The Morgan fingerprint density at radius 1 is 1.12 bits per heavy atom. The maximum Gasteiger partial charge on any atom is 0.234 e. The summed E-state index contributed by atoms with van der Waals surface area (Å²) >= 11 is 0. The molecule has 0 saturated carbocycles. The van der Waals surface area contributed by atoms with E-state index in [-0.39, 0.29) is 24.1 Å². The van der Waals surface area contributed by atoms with Gasteiger partial charge in [0, 0.05) is 25.2 Å². The lowest BCUT2D eigenvalue weighted by Crippen LogP contribution is -2.36. The number of nitrogens with one attached hydrogen (secondary N) is 1. The minimum absolute atomic E-state index is 0.127. The summed E-state index contributed by atoms with van der Waals surface area (Å²) in [5.74, 6) is -0.789. The number of amides is 1. The van der Waals surface area contributed by atoms with Gasteiger partial charge < -0.3 is 5.32 Å². The van der Waals surface area contributed by atoms with Gasteiger partial charge in [0.25, 0.3) is 0 Å². The van der Waals surface area contributed by atoms with Crippen molar-refractivity contribution >= 4 is 5.91 Å². The van der Waals surface area contributed by atoms with Gasteiger partial charge in [0.1, 0.15) is 11.6 Å². The summed E-state index contributed by atoms with van der Waals surface area (Å²) in [5.41, 5.74) is 1.35. The second-order valence-corrected chi connectivity index (χ2v) is 5.45. The fourth-order valence-corrected chi connectivity index (χ4v) is 2.30. The van der Waals surface area contributed by atoms with Crippen LogP contribution in [-0.4, -0.2) is 23.9 Å². The molecule has 0 aliphatic carbocycles. The van der Waals surface area contributed by atoms with Crippen LogP contribution >= 0.6 is 0 Å². The molecular weight excluding hydrogens is 310 g/mol. The molecular formula is C19H20F2N2O. The number of carbonyl (C=O) groups excluding carboxylic acids is 1. The fraction of sp³-hybridized carbons (Fsp3) is 0.211. The van der Waals surface area contributed by atoms with E-state index in [2.05, 4.69) is 11.9 Å². The molecule has 24 heavy (non-hydrogen) atoms. The van der Waals surface area contributed by atoms with Crippen molar-refractivity contribution in [3.63, 3.8) is 0 Å². The minimum Gasteiger partial charge on any atom is -0.351 e. The smallest absolute Gasteiger partial charge is 0.234 e. The molecule has 0 aliphatic heterocycles. The molecule has 0 spiro atoms. The van der Waals surface area contributed by atoms with Crippen LogP contribution in [0.4, 0.5) is 8.78 Å². The lowest BCUT2D eigenvalue weighted by atomic mass is 10.2. The van der Waals surface area contributed by atoms with E-state index in [1.807, 2.05) is 0 Å². The third-order valence-corrected chi connectivity index (χ3v) is 3.51. The van der Waals surface area contributed by atoms with Crippen LogP contribution in [0.1, 0.15) is 11.1 Å². The molecule has 0 bridgehead atoms. The van der Waals surface area contributed by atoms with Crippen LogP contribution in [-0.2, 0) is 17.9 Å². The largest absolute Gasteiger partial charge is 0.351 e. The van der Waals surface area contributed by atoms with E-state index >= 15 is 0 Å². The van der Waals surface area contributed by atoms with Crippen molar-refractivity contribution in [2.45, 2.75) is 13.1 Å². The van der Waals surface area contributed by atoms with Crippen molar-refractivity contribution < 1.29 is 13.6 Å². The standard InChI is InChI=1S/C19H20F2N2O/c1-2-11-23(13-16-5-3-4-6-18(16)21)14-19(24)22-12-15-7-9-17(20)10-8-15/h2-10H,1,11-14H2,(H,22,24). The summed E-state index contributed by atoms with van der Waals surface area (Å²) in [6, 6.07) is 12.4. The highest BCUT2D eigenvalue weighted by atomic mass is 19.1. The molecule has 1 amide bonds. The van der Waals surface area contributed by atoms with Gasteiger partial charge in [-0.15, -0.1) is 6.58 Å². The Bertz CT molecular complexity index is 686. The van der Waals surface area contributed by atoms with Gasteiger partial charge in [-0.1, -0.05) is 36.4 Å². The number of hydrogen-bond donors (Lipinski definition) is 1. The first-order valence-corrected chi connectivity index (χ1v) is 7.66. The third kappa shape index (κ3) is 5.59. The molecule has 126 valence electrons. The van der Waals surface area contributed by atoms with Gasteiger partial charge in [-0.05, 0) is 23.8 Å². The van der Waals surface area contributed by atoms with Crippen molar-refractivity contribution in [3.05, 3.63) is 83.9 Å². The molecule has 3 nitrogen and oxygen atoms in total. The third-order valence-electron chi connectivity index (χ3n) is 3.51. The maximum atomic E-state index is 13.7. The summed E-state index contributed by atoms with van der Waals surface area (Å²) < 4.78 is 26.6. The highest BCUT2D eigenvalue weighted by Gasteiger charge is 2.12. The first kappa shape index (κ1) is 17.8. The van der Waals surface area contributed by atoms with Crippen LogP contribution < -0.4 is 5.32 Å². The van der Waals surface area contributed by atoms with Crippen LogP contribution in [0.3, 0.4) is 0 Å². The summed E-state index contributed by atoms with van der Waals surface area (Å²) in [5, 5.41) is 2.78. The molecule has 0 radical (unpaired) electrons. The molecule has 1 N–H and O–H groups in total. The lowest BCUT2D eigenvalue weighted by Gasteiger charge is -2.20. The van der Waals surface area contributed by atoms with Gasteiger partial charge in [0.05, 0.1) is 6.54 Å². The molecule has 2 aromatic rings. The van der Waals surface area contributed by atoms with Crippen molar-refractivity contribution in [2.75, 3.05) is 13.1 Å². The topological polar surface area (TPSA) is 32.3 Å². The molecule has 0 aliphatic rings. The summed E-state index contributed by atoms with van der Waals surface area (Å²) in [4.78, 5) is 13.9. The number of carbonyl (C=O) groups is 1. The molecule has 2 aromatic carbocycles. The normalized spacial score (nSPS) is 10.6. The zero-order valence-electron chi connectivity index (χ0n) is 13.3. The summed E-state index contributed by atoms with van der Waals surface area (Å²) in [6.45, 7) is 4.91. The van der Waals surface area contributed by atoms with Gasteiger partial charge in [-0.25, -0.2) is 8.78 Å². The van der Waals surface area contributed by atoms with E-state index in [1.165, 1.54) is 18.2 Å². The molecule has 0 heterocycles. The van der Waals surface area contributed by atoms with E-state index in [1.54, 1.807) is 41.3 Å².